The molecule has 0 aliphatic heterocycles. The molecule has 0 aliphatic rings. The first-order chi connectivity index (χ1) is 23.3. The van der Waals surface area contributed by atoms with Gasteiger partial charge in [-0.25, -0.2) is 0 Å². The van der Waals surface area contributed by atoms with Gasteiger partial charge in [0, 0.05) is 21.9 Å². The summed E-state index contributed by atoms with van der Waals surface area (Å²) in [5, 5.41) is 8.18. The van der Waals surface area contributed by atoms with Crippen LogP contribution in [-0.2, 0) is 0 Å². The van der Waals surface area contributed by atoms with Gasteiger partial charge in [-0.15, -0.1) is 0 Å². The summed E-state index contributed by atoms with van der Waals surface area (Å²) in [4.78, 5) is 0. The van der Waals surface area contributed by atoms with Crippen molar-refractivity contribution in [1.29, 1.82) is 0 Å². The summed E-state index contributed by atoms with van der Waals surface area (Å²) in [6.45, 7) is 0. The largest absolute Gasteiger partial charge is 0.455 e. The van der Waals surface area contributed by atoms with Crippen molar-refractivity contribution < 1.29 is 14.0 Å². The molecule has 1 nitrogen and oxygen atoms in total. The summed E-state index contributed by atoms with van der Waals surface area (Å²) >= 11 is 0. The van der Waals surface area contributed by atoms with E-state index >= 15 is 0 Å². The van der Waals surface area contributed by atoms with Crippen LogP contribution in [0.3, 0.4) is 0 Å². The fraction of sp³-hybridized carbons (Fsp3) is 0. The van der Waals surface area contributed by atoms with E-state index in [0.717, 1.165) is 48.8 Å². The Kier molecular flexibility index (Phi) is 3.47. The summed E-state index contributed by atoms with van der Waals surface area (Å²) < 4.78 is 67.1. The zero-order valence-corrected chi connectivity index (χ0v) is 21.7. The van der Waals surface area contributed by atoms with Gasteiger partial charge in [0.25, 0.3) is 0 Å². The molecule has 0 fully saturated rings. The number of hydrogen-bond donors (Lipinski definition) is 0. The summed E-state index contributed by atoms with van der Waals surface area (Å²) in [6, 6.07) is 32.5. The Morgan fingerprint density at radius 1 is 0.415 bits per heavy atom. The molecule has 0 radical (unpaired) electrons. The van der Waals surface area contributed by atoms with E-state index in [9.17, 15) is 1.37 Å². The van der Waals surface area contributed by atoms with Gasteiger partial charge in [-0.05, 0) is 66.3 Å². The van der Waals surface area contributed by atoms with Crippen molar-refractivity contribution in [2.45, 2.75) is 0 Å². The highest BCUT2D eigenvalue weighted by Gasteiger charge is 2.21. The Labute approximate surface area is 246 Å². The molecule has 190 valence electrons. The number of para-hydroxylation sites is 2. The first-order valence-corrected chi connectivity index (χ1v) is 13.5. The predicted octanol–water partition coefficient (Wildman–Crippen LogP) is 11.5. The van der Waals surface area contributed by atoms with E-state index in [1.807, 2.05) is 48.5 Å². The second kappa shape index (κ2) is 8.55. The molecule has 1 aromatic heterocycles. The van der Waals surface area contributed by atoms with E-state index in [4.69, 9.17) is 12.6 Å². The normalized spacial score (nSPS) is 14.3. The molecular weight excluding hydrogens is 496 g/mol. The van der Waals surface area contributed by atoms with Crippen LogP contribution < -0.4 is 0 Å². The van der Waals surface area contributed by atoms with Gasteiger partial charge in [0.2, 0.25) is 0 Å². The predicted molar refractivity (Wildman–Crippen MR) is 175 cm³/mol. The van der Waals surface area contributed by atoms with Crippen LogP contribution in [0.25, 0.3) is 87.3 Å². The average molecular weight is 528 g/mol. The third-order valence-corrected chi connectivity index (χ3v) is 8.16. The molecule has 1 heteroatoms. The lowest BCUT2D eigenvalue weighted by Gasteiger charge is -2.19. The van der Waals surface area contributed by atoms with Gasteiger partial charge in [-0.2, -0.15) is 0 Å². The summed E-state index contributed by atoms with van der Waals surface area (Å²) in [5.41, 5.74) is 3.02. The highest BCUT2D eigenvalue weighted by Crippen LogP contribution is 2.48. The zero-order chi connectivity index (χ0) is 33.0. The quantitative estimate of drug-likeness (QED) is 0.161. The smallest absolute Gasteiger partial charge is 0.143 e. The van der Waals surface area contributed by atoms with Gasteiger partial charge in [0.05, 0.1) is 9.60 Å². The van der Waals surface area contributed by atoms with Gasteiger partial charge in [0.1, 0.15) is 11.2 Å². The topological polar surface area (TPSA) is 13.1 Å². The SMILES string of the molecule is [2H]c1c([2H])c([2H])c2c(oc3c(-c4c5ccccc5c(-c5cc6ccccc6c6ccccc56)c5ccccc45)c([2H])c([2H])c([2H])c32)c1[2H]. The first kappa shape index (κ1) is 16.6. The Bertz CT molecular complexity index is 2810. The van der Waals surface area contributed by atoms with Gasteiger partial charge in [-0.1, -0.05) is 133 Å². The minimum absolute atomic E-state index is 0.0450. The van der Waals surface area contributed by atoms with Gasteiger partial charge in [0.15, 0.2) is 0 Å². The van der Waals surface area contributed by atoms with Crippen LogP contribution in [0.1, 0.15) is 9.60 Å². The monoisotopic (exact) mass is 527 g/mol. The lowest BCUT2D eigenvalue weighted by molar-refractivity contribution is 0.670. The Morgan fingerprint density at radius 3 is 1.66 bits per heavy atom. The molecule has 1 heterocycles. The average Bonchev–Trinajstić information content (AvgIpc) is 3.52. The standard InChI is InChI=1S/C40H24O/c1-2-13-26-25(12-1)24-36(28-15-4-3-14-27(26)28)39-32-19-7-5-17-30(32)38(31-18-6-8-20-33(31)39)35-22-11-21-34-29-16-9-10-23-37(29)41-40(34)35/h1-24H/i9D,10D,11D,16D,21D,22D,23D. The van der Waals surface area contributed by atoms with E-state index in [2.05, 4.69) is 54.6 Å². The van der Waals surface area contributed by atoms with Crippen LogP contribution in [-0.4, -0.2) is 0 Å². The maximum atomic E-state index is 9.25. The molecular formula is C40H24O. The second-order valence-electron chi connectivity index (χ2n) is 10.3. The molecule has 41 heavy (non-hydrogen) atoms. The van der Waals surface area contributed by atoms with Crippen molar-refractivity contribution in [1.82, 2.24) is 0 Å². The summed E-state index contributed by atoms with van der Waals surface area (Å²) in [6.07, 6.45) is 0. The molecule has 0 saturated carbocycles. The first-order valence-electron chi connectivity index (χ1n) is 17.0. The van der Waals surface area contributed by atoms with Crippen molar-refractivity contribution in [2.75, 3.05) is 0 Å². The van der Waals surface area contributed by atoms with Crippen molar-refractivity contribution in [2.24, 2.45) is 0 Å². The number of hydrogen-bond acceptors (Lipinski definition) is 1. The van der Waals surface area contributed by atoms with Crippen molar-refractivity contribution in [3.63, 3.8) is 0 Å². The molecule has 0 atom stereocenters. The maximum Gasteiger partial charge on any atom is 0.143 e. The van der Waals surface area contributed by atoms with Crippen LogP contribution in [0.15, 0.2) is 150 Å². The number of benzene rings is 8. The Morgan fingerprint density at radius 2 is 0.951 bits per heavy atom. The molecule has 0 spiro atoms. The zero-order valence-electron chi connectivity index (χ0n) is 28.7. The van der Waals surface area contributed by atoms with Crippen molar-refractivity contribution in [3.8, 4) is 22.3 Å². The van der Waals surface area contributed by atoms with Crippen molar-refractivity contribution >= 4 is 65.0 Å². The fourth-order valence-corrected chi connectivity index (χ4v) is 6.45. The Hall–Kier alpha value is -5.40. The fourth-order valence-electron chi connectivity index (χ4n) is 6.45. The van der Waals surface area contributed by atoms with Gasteiger partial charge in [-0.3, -0.25) is 0 Å². The molecule has 9 aromatic rings. The van der Waals surface area contributed by atoms with E-state index in [-0.39, 0.29) is 57.7 Å². The molecule has 9 rings (SSSR count). The number of fused-ring (bicyclic) bond motifs is 8. The minimum Gasteiger partial charge on any atom is -0.455 e. The highest BCUT2D eigenvalue weighted by atomic mass is 16.3. The minimum atomic E-state index is -0.445. The molecule has 0 amide bonds. The molecule has 0 saturated heterocycles. The van der Waals surface area contributed by atoms with Gasteiger partial charge < -0.3 is 4.42 Å². The van der Waals surface area contributed by atoms with Crippen LogP contribution in [0.2, 0.25) is 0 Å². The molecule has 0 aliphatic carbocycles. The van der Waals surface area contributed by atoms with Crippen LogP contribution in [0, 0.1) is 0 Å². The van der Waals surface area contributed by atoms with Crippen LogP contribution in [0.5, 0.6) is 0 Å². The van der Waals surface area contributed by atoms with Crippen LogP contribution in [0.4, 0.5) is 0 Å². The van der Waals surface area contributed by atoms with Crippen molar-refractivity contribution in [3.05, 3.63) is 145 Å². The summed E-state index contributed by atoms with van der Waals surface area (Å²) in [7, 11) is 0. The molecule has 0 N–H and O–H groups in total. The second-order valence-corrected chi connectivity index (χ2v) is 10.3. The van der Waals surface area contributed by atoms with Gasteiger partial charge >= 0.3 is 0 Å². The number of rotatable bonds is 2. The maximum absolute atomic E-state index is 9.25. The Balaban J connectivity index is 1.51. The third kappa shape index (κ3) is 3.18. The van der Waals surface area contributed by atoms with E-state index in [1.54, 1.807) is 0 Å². The lowest BCUT2D eigenvalue weighted by atomic mass is 9.83. The van der Waals surface area contributed by atoms with E-state index in [1.165, 1.54) is 5.39 Å². The van der Waals surface area contributed by atoms with E-state index < -0.39 is 12.1 Å². The highest BCUT2D eigenvalue weighted by molar-refractivity contribution is 6.27. The number of furan rings is 1. The lowest BCUT2D eigenvalue weighted by Crippen LogP contribution is -1.92. The third-order valence-electron chi connectivity index (χ3n) is 8.16. The molecule has 0 unspecified atom stereocenters. The van der Waals surface area contributed by atoms with E-state index in [0.29, 0.717) is 5.56 Å². The van der Waals surface area contributed by atoms with Crippen LogP contribution >= 0.6 is 0 Å². The molecule has 8 aromatic carbocycles. The summed E-state index contributed by atoms with van der Waals surface area (Å²) in [5.74, 6) is 0. The molecule has 0 bridgehead atoms.